The number of ether oxygens (including phenoxy) is 1. The summed E-state index contributed by atoms with van der Waals surface area (Å²) in [4.78, 5) is 0.698. The molecule has 126 valence electrons. The van der Waals surface area contributed by atoms with Crippen molar-refractivity contribution in [3.63, 3.8) is 0 Å². The summed E-state index contributed by atoms with van der Waals surface area (Å²) >= 11 is 6.38. The molecule has 0 spiro atoms. The Morgan fingerprint density at radius 2 is 1.60 bits per heavy atom. The predicted molar refractivity (Wildman–Crippen MR) is 101 cm³/mol. The molecule has 0 aliphatic rings. The van der Waals surface area contributed by atoms with Crippen molar-refractivity contribution in [3.05, 3.63) is 88.9 Å². The summed E-state index contributed by atoms with van der Waals surface area (Å²) in [5.74, 6) is 1.40. The molecule has 0 radical (unpaired) electrons. The van der Waals surface area contributed by atoms with E-state index in [1.165, 1.54) is 5.56 Å². The second-order valence-corrected chi connectivity index (χ2v) is 6.54. The van der Waals surface area contributed by atoms with Crippen LogP contribution in [0.4, 0.5) is 0 Å². The van der Waals surface area contributed by atoms with E-state index in [1.807, 2.05) is 36.4 Å². The third-order valence-electron chi connectivity index (χ3n) is 3.66. The van der Waals surface area contributed by atoms with E-state index in [4.69, 9.17) is 16.3 Å². The standard InChI is InChI=1S/C20H17ClNO2S/c21-17-6-8-18(9-7-17)24-19-10-11-20(25-23)16(12-19)14-22-13-15-4-2-1-3-5-15/h1-12,22H,13-14H2/q+1. The average molecular weight is 371 g/mol. The highest BCUT2D eigenvalue weighted by molar-refractivity contribution is 7.65. The first-order chi connectivity index (χ1) is 12.2. The number of hydrogen-bond acceptors (Lipinski definition) is 3. The van der Waals surface area contributed by atoms with Gasteiger partial charge in [0.1, 0.15) is 11.5 Å². The quantitative estimate of drug-likeness (QED) is 0.580. The van der Waals surface area contributed by atoms with Gasteiger partial charge in [-0.1, -0.05) is 41.9 Å². The monoisotopic (exact) mass is 370 g/mol. The molecule has 3 nitrogen and oxygen atoms in total. The van der Waals surface area contributed by atoms with E-state index in [1.54, 1.807) is 24.3 Å². The third kappa shape index (κ3) is 5.10. The van der Waals surface area contributed by atoms with Gasteiger partial charge in [-0.25, -0.2) is 0 Å². The number of hydrogen-bond donors (Lipinski definition) is 1. The van der Waals surface area contributed by atoms with Gasteiger partial charge in [0.25, 0.3) is 4.90 Å². The molecule has 0 saturated carbocycles. The van der Waals surface area contributed by atoms with Crippen molar-refractivity contribution in [3.8, 4) is 11.5 Å². The molecule has 3 aromatic rings. The normalized spacial score (nSPS) is 10.4. The Morgan fingerprint density at radius 1 is 0.880 bits per heavy atom. The highest BCUT2D eigenvalue weighted by atomic mass is 35.5. The minimum atomic E-state index is 0.496. The van der Waals surface area contributed by atoms with Gasteiger partial charge in [-0.3, -0.25) is 0 Å². The van der Waals surface area contributed by atoms with Crippen molar-refractivity contribution < 1.29 is 8.95 Å². The minimum absolute atomic E-state index is 0.496. The zero-order chi connectivity index (χ0) is 17.5. The topological polar surface area (TPSA) is 38.3 Å². The highest BCUT2D eigenvalue weighted by Gasteiger charge is 2.15. The fourth-order valence-corrected chi connectivity index (χ4v) is 2.90. The number of halogens is 1. The van der Waals surface area contributed by atoms with E-state index >= 15 is 0 Å². The Bertz CT molecular complexity index is 838. The van der Waals surface area contributed by atoms with Crippen LogP contribution in [0.15, 0.2) is 77.7 Å². The lowest BCUT2D eigenvalue weighted by atomic mass is 10.2. The van der Waals surface area contributed by atoms with Crippen LogP contribution >= 0.6 is 11.6 Å². The lowest BCUT2D eigenvalue weighted by molar-refractivity contribution is 0.480. The molecule has 5 heteroatoms. The number of rotatable bonds is 7. The van der Waals surface area contributed by atoms with Gasteiger partial charge in [0.15, 0.2) is 0 Å². The first kappa shape index (κ1) is 17.5. The van der Waals surface area contributed by atoms with Crippen molar-refractivity contribution in [2.75, 3.05) is 0 Å². The second-order valence-electron chi connectivity index (χ2n) is 5.50. The summed E-state index contributed by atoms with van der Waals surface area (Å²) in [6.45, 7) is 1.34. The molecule has 0 aliphatic heterocycles. The summed E-state index contributed by atoms with van der Waals surface area (Å²) in [6, 6.07) is 22.8. The van der Waals surface area contributed by atoms with E-state index in [-0.39, 0.29) is 0 Å². The van der Waals surface area contributed by atoms with Crippen molar-refractivity contribution in [2.45, 2.75) is 18.0 Å². The zero-order valence-corrected chi connectivity index (χ0v) is 15.0. The lowest BCUT2D eigenvalue weighted by Crippen LogP contribution is -2.13. The molecule has 0 unspecified atom stereocenters. The molecule has 0 amide bonds. The Morgan fingerprint density at radius 3 is 2.32 bits per heavy atom. The second kappa shape index (κ2) is 8.72. The van der Waals surface area contributed by atoms with E-state index in [2.05, 4.69) is 17.4 Å². The highest BCUT2D eigenvalue weighted by Crippen LogP contribution is 2.25. The fourth-order valence-electron chi connectivity index (χ4n) is 2.41. The molecule has 0 saturated heterocycles. The SMILES string of the molecule is O=[S+]c1ccc(Oc2ccc(Cl)cc2)cc1CNCc1ccccc1. The zero-order valence-electron chi connectivity index (χ0n) is 13.4. The van der Waals surface area contributed by atoms with Gasteiger partial charge < -0.3 is 10.1 Å². The first-order valence-corrected chi connectivity index (χ1v) is 8.97. The molecule has 25 heavy (non-hydrogen) atoms. The van der Waals surface area contributed by atoms with Gasteiger partial charge in [-0.05, 0) is 42.0 Å². The van der Waals surface area contributed by atoms with Crippen LogP contribution in [0.3, 0.4) is 0 Å². The smallest absolute Gasteiger partial charge is 0.457 e. The molecule has 3 aromatic carbocycles. The van der Waals surface area contributed by atoms with Crippen molar-refractivity contribution in [2.24, 2.45) is 0 Å². The van der Waals surface area contributed by atoms with Crippen molar-refractivity contribution in [1.29, 1.82) is 0 Å². The Hall–Kier alpha value is -2.27. The summed E-state index contributed by atoms with van der Waals surface area (Å²) in [5.41, 5.74) is 2.12. The van der Waals surface area contributed by atoms with Crippen molar-refractivity contribution >= 4 is 23.3 Å². The van der Waals surface area contributed by atoms with Crippen molar-refractivity contribution in [1.82, 2.24) is 5.32 Å². The Kier molecular flexibility index (Phi) is 6.12. The summed E-state index contributed by atoms with van der Waals surface area (Å²) in [5, 5.41) is 4.03. The summed E-state index contributed by atoms with van der Waals surface area (Å²) < 4.78 is 17.2. The van der Waals surface area contributed by atoms with Gasteiger partial charge in [-0.2, -0.15) is 0 Å². The van der Waals surface area contributed by atoms with Crippen LogP contribution in [0.1, 0.15) is 11.1 Å². The fraction of sp³-hybridized carbons (Fsp3) is 0.100. The van der Waals surface area contributed by atoms with Crippen LogP contribution in [0.25, 0.3) is 0 Å². The maximum Gasteiger partial charge on any atom is 0.505 e. The molecular formula is C20H17ClNO2S+. The van der Waals surface area contributed by atoms with Crippen LogP contribution in [0, 0.1) is 0 Å². The van der Waals surface area contributed by atoms with Crippen LogP contribution in [0.2, 0.25) is 5.02 Å². The number of nitrogens with one attached hydrogen (secondary N) is 1. The summed E-state index contributed by atoms with van der Waals surface area (Å²) in [6.07, 6.45) is 0. The van der Waals surface area contributed by atoms with Crippen LogP contribution in [0.5, 0.6) is 11.5 Å². The molecule has 0 atom stereocenters. The maximum atomic E-state index is 11.3. The lowest BCUT2D eigenvalue weighted by Gasteiger charge is -2.08. The van der Waals surface area contributed by atoms with Gasteiger partial charge in [0.05, 0.1) is 0 Å². The van der Waals surface area contributed by atoms with Crippen LogP contribution in [-0.4, -0.2) is 0 Å². The Balaban J connectivity index is 1.69. The van der Waals surface area contributed by atoms with Gasteiger partial charge >= 0.3 is 11.7 Å². The minimum Gasteiger partial charge on any atom is -0.457 e. The van der Waals surface area contributed by atoms with E-state index in [9.17, 15) is 4.21 Å². The predicted octanol–water partition coefficient (Wildman–Crippen LogP) is 5.21. The summed E-state index contributed by atoms with van der Waals surface area (Å²) in [7, 11) is 0. The third-order valence-corrected chi connectivity index (χ3v) is 4.49. The molecule has 0 heterocycles. The molecule has 0 aliphatic carbocycles. The van der Waals surface area contributed by atoms with Gasteiger partial charge in [0, 0.05) is 34.0 Å². The Labute approximate surface area is 156 Å². The van der Waals surface area contributed by atoms with Gasteiger partial charge in [-0.15, -0.1) is 0 Å². The number of benzene rings is 3. The van der Waals surface area contributed by atoms with E-state index in [0.29, 0.717) is 39.6 Å². The average Bonchev–Trinajstić information content (AvgIpc) is 2.65. The van der Waals surface area contributed by atoms with E-state index in [0.717, 1.165) is 12.1 Å². The van der Waals surface area contributed by atoms with Crippen LogP contribution < -0.4 is 10.1 Å². The first-order valence-electron chi connectivity index (χ1n) is 7.85. The molecule has 0 bridgehead atoms. The largest absolute Gasteiger partial charge is 0.505 e. The van der Waals surface area contributed by atoms with E-state index < -0.39 is 0 Å². The molecule has 0 aromatic heterocycles. The molecule has 0 fully saturated rings. The molecular weight excluding hydrogens is 354 g/mol. The molecule has 1 N–H and O–H groups in total. The van der Waals surface area contributed by atoms with Crippen LogP contribution in [-0.2, 0) is 29.0 Å². The maximum absolute atomic E-state index is 11.3. The molecule has 3 rings (SSSR count). The van der Waals surface area contributed by atoms with Gasteiger partial charge in [0.2, 0.25) is 0 Å².